The van der Waals surface area contributed by atoms with Crippen LogP contribution in [0.25, 0.3) is 0 Å². The van der Waals surface area contributed by atoms with Gasteiger partial charge in [-0.1, -0.05) is 30.3 Å². The molecule has 0 unspecified atom stereocenters. The molecule has 1 aromatic carbocycles. The normalized spacial score (nSPS) is 10.2. The number of benzene rings is 1. The molecule has 1 N–H and O–H groups in total. The molecule has 2 rings (SSSR count). The van der Waals surface area contributed by atoms with Crippen LogP contribution in [0.2, 0.25) is 0 Å². The first-order chi connectivity index (χ1) is 9.99. The number of carbonyl (C=O) groups is 2. The van der Waals surface area contributed by atoms with Gasteiger partial charge in [0, 0.05) is 20.2 Å². The maximum atomic E-state index is 12.0. The van der Waals surface area contributed by atoms with E-state index in [-0.39, 0.29) is 23.8 Å². The number of hydrogen-bond acceptors (Lipinski definition) is 5. The molecule has 0 radical (unpaired) electrons. The van der Waals surface area contributed by atoms with Crippen molar-refractivity contribution in [1.29, 1.82) is 0 Å². The fourth-order valence-corrected chi connectivity index (χ4v) is 1.78. The molecule has 0 aliphatic heterocycles. The quantitative estimate of drug-likeness (QED) is 0.871. The molecular formula is C15H15NO5. The highest BCUT2D eigenvalue weighted by Crippen LogP contribution is 2.32. The second-order valence-electron chi connectivity index (χ2n) is 4.46. The number of carbonyl (C=O) groups excluding carboxylic acids is 2. The van der Waals surface area contributed by atoms with Gasteiger partial charge in [0.25, 0.3) is 0 Å². The van der Waals surface area contributed by atoms with Gasteiger partial charge >= 0.3 is 11.9 Å². The fraction of sp³-hybridized carbons (Fsp3) is 0.200. The molecule has 1 heterocycles. The monoisotopic (exact) mass is 289 g/mol. The molecule has 0 amide bonds. The van der Waals surface area contributed by atoms with Crippen LogP contribution >= 0.6 is 0 Å². The number of nitrogens with zero attached hydrogens (tertiary/aromatic N) is 1. The Morgan fingerprint density at radius 1 is 1.24 bits per heavy atom. The van der Waals surface area contributed by atoms with Crippen molar-refractivity contribution >= 4 is 11.9 Å². The lowest BCUT2D eigenvalue weighted by Gasteiger charge is -2.05. The predicted molar refractivity (Wildman–Crippen MR) is 73.9 cm³/mol. The number of ether oxygens (including phenoxy) is 2. The van der Waals surface area contributed by atoms with Gasteiger partial charge in [0.2, 0.25) is 11.6 Å². The van der Waals surface area contributed by atoms with Crippen LogP contribution in [0.5, 0.6) is 11.6 Å². The summed E-state index contributed by atoms with van der Waals surface area (Å²) in [6.07, 6.45) is 1.35. The Hall–Kier alpha value is -2.76. The van der Waals surface area contributed by atoms with E-state index in [9.17, 15) is 14.7 Å². The number of hydrogen-bond donors (Lipinski definition) is 1. The van der Waals surface area contributed by atoms with E-state index in [0.29, 0.717) is 0 Å². The van der Waals surface area contributed by atoms with Gasteiger partial charge in [0.05, 0.1) is 0 Å². The highest BCUT2D eigenvalue weighted by atomic mass is 16.6. The van der Waals surface area contributed by atoms with Gasteiger partial charge in [-0.3, -0.25) is 4.79 Å². The van der Waals surface area contributed by atoms with Crippen molar-refractivity contribution in [3.05, 3.63) is 47.7 Å². The Kier molecular flexibility index (Phi) is 4.27. The van der Waals surface area contributed by atoms with Gasteiger partial charge in [-0.15, -0.1) is 0 Å². The van der Waals surface area contributed by atoms with Gasteiger partial charge in [0.15, 0.2) is 0 Å². The van der Waals surface area contributed by atoms with E-state index in [1.165, 1.54) is 24.7 Å². The van der Waals surface area contributed by atoms with Crippen LogP contribution in [0.3, 0.4) is 0 Å². The predicted octanol–water partition coefficient (Wildman–Crippen LogP) is 2.01. The van der Waals surface area contributed by atoms with Crippen molar-refractivity contribution in [2.24, 2.45) is 7.05 Å². The van der Waals surface area contributed by atoms with Crippen LogP contribution in [0.15, 0.2) is 36.5 Å². The molecule has 2 aromatic rings. The maximum Gasteiger partial charge on any atom is 0.344 e. The average molecular weight is 289 g/mol. The molecule has 0 aliphatic carbocycles. The fourth-order valence-electron chi connectivity index (χ4n) is 1.78. The second kappa shape index (κ2) is 6.13. The molecule has 0 fully saturated rings. The van der Waals surface area contributed by atoms with Crippen molar-refractivity contribution in [2.75, 3.05) is 0 Å². The van der Waals surface area contributed by atoms with Crippen LogP contribution in [0, 0.1) is 0 Å². The molecule has 0 bridgehead atoms. The Bertz CT molecular complexity index is 660. The SMILES string of the molecule is CC(=O)Oc1c(C(=O)OCc2ccccc2)cn(C)c1O. The smallest absolute Gasteiger partial charge is 0.344 e. The number of aromatic hydroxyl groups is 1. The number of rotatable bonds is 4. The second-order valence-corrected chi connectivity index (χ2v) is 4.46. The van der Waals surface area contributed by atoms with Crippen molar-refractivity contribution in [1.82, 2.24) is 4.57 Å². The van der Waals surface area contributed by atoms with Crippen LogP contribution in [-0.2, 0) is 23.2 Å². The first-order valence-electron chi connectivity index (χ1n) is 6.26. The lowest BCUT2D eigenvalue weighted by atomic mass is 10.2. The van der Waals surface area contributed by atoms with E-state index in [1.807, 2.05) is 30.3 Å². The van der Waals surface area contributed by atoms with E-state index < -0.39 is 11.9 Å². The van der Waals surface area contributed by atoms with E-state index in [2.05, 4.69) is 0 Å². The molecule has 6 heteroatoms. The molecule has 0 aliphatic rings. The summed E-state index contributed by atoms with van der Waals surface area (Å²) in [5.41, 5.74) is 0.834. The zero-order chi connectivity index (χ0) is 15.4. The van der Waals surface area contributed by atoms with Gasteiger partial charge < -0.3 is 19.1 Å². The van der Waals surface area contributed by atoms with Crippen LogP contribution in [0.4, 0.5) is 0 Å². The Balaban J connectivity index is 2.15. The summed E-state index contributed by atoms with van der Waals surface area (Å²) in [5.74, 6) is -1.81. The molecule has 21 heavy (non-hydrogen) atoms. The Morgan fingerprint density at radius 3 is 2.52 bits per heavy atom. The third-order valence-electron chi connectivity index (χ3n) is 2.78. The highest BCUT2D eigenvalue weighted by molar-refractivity contribution is 5.94. The Labute approximate surface area is 121 Å². The summed E-state index contributed by atoms with van der Waals surface area (Å²) in [6, 6.07) is 9.18. The van der Waals surface area contributed by atoms with Gasteiger partial charge in [0.1, 0.15) is 12.2 Å². The third-order valence-corrected chi connectivity index (χ3v) is 2.78. The number of aryl methyl sites for hydroxylation is 1. The van der Waals surface area contributed by atoms with Crippen LogP contribution in [-0.4, -0.2) is 21.6 Å². The third kappa shape index (κ3) is 3.42. The summed E-state index contributed by atoms with van der Waals surface area (Å²) in [7, 11) is 1.52. The largest absolute Gasteiger partial charge is 0.492 e. The van der Waals surface area contributed by atoms with Crippen LogP contribution in [0.1, 0.15) is 22.8 Å². The zero-order valence-electron chi connectivity index (χ0n) is 11.7. The van der Waals surface area contributed by atoms with E-state index in [1.54, 1.807) is 0 Å². The Morgan fingerprint density at radius 2 is 1.90 bits per heavy atom. The highest BCUT2D eigenvalue weighted by Gasteiger charge is 2.23. The van der Waals surface area contributed by atoms with Crippen molar-refractivity contribution < 1.29 is 24.2 Å². The minimum absolute atomic E-state index is 0.00105. The lowest BCUT2D eigenvalue weighted by molar-refractivity contribution is -0.132. The first-order valence-corrected chi connectivity index (χ1v) is 6.26. The molecule has 6 nitrogen and oxygen atoms in total. The van der Waals surface area contributed by atoms with E-state index in [4.69, 9.17) is 9.47 Å². The van der Waals surface area contributed by atoms with E-state index in [0.717, 1.165) is 5.56 Å². The number of esters is 2. The molecular weight excluding hydrogens is 274 g/mol. The summed E-state index contributed by atoms with van der Waals surface area (Å²) in [6.45, 7) is 1.28. The summed E-state index contributed by atoms with van der Waals surface area (Å²) < 4.78 is 11.3. The maximum absolute atomic E-state index is 12.0. The van der Waals surface area contributed by atoms with Crippen molar-refractivity contribution in [2.45, 2.75) is 13.5 Å². The van der Waals surface area contributed by atoms with Crippen molar-refractivity contribution in [3.8, 4) is 11.6 Å². The first kappa shape index (κ1) is 14.6. The summed E-state index contributed by atoms with van der Waals surface area (Å²) in [5, 5.41) is 9.78. The molecule has 0 saturated heterocycles. The van der Waals surface area contributed by atoms with Gasteiger partial charge in [-0.25, -0.2) is 4.79 Å². The van der Waals surface area contributed by atoms with Gasteiger partial charge in [-0.2, -0.15) is 0 Å². The zero-order valence-corrected chi connectivity index (χ0v) is 11.7. The van der Waals surface area contributed by atoms with E-state index >= 15 is 0 Å². The summed E-state index contributed by atoms with van der Waals surface area (Å²) >= 11 is 0. The number of aromatic nitrogens is 1. The molecule has 0 saturated carbocycles. The average Bonchev–Trinajstić information content (AvgIpc) is 2.74. The molecule has 0 atom stereocenters. The minimum Gasteiger partial charge on any atom is -0.492 e. The van der Waals surface area contributed by atoms with Crippen LogP contribution < -0.4 is 4.74 Å². The molecule has 1 aromatic heterocycles. The molecule has 110 valence electrons. The van der Waals surface area contributed by atoms with Crippen molar-refractivity contribution in [3.63, 3.8) is 0 Å². The minimum atomic E-state index is -0.675. The molecule has 0 spiro atoms. The lowest BCUT2D eigenvalue weighted by Crippen LogP contribution is -2.08. The van der Waals surface area contributed by atoms with Gasteiger partial charge in [-0.05, 0) is 5.56 Å². The standard InChI is InChI=1S/C15H15NO5/c1-10(17)21-13-12(8-16(2)14(13)18)15(19)20-9-11-6-4-3-5-7-11/h3-8,18H,9H2,1-2H3. The topological polar surface area (TPSA) is 77.8 Å². The summed E-state index contributed by atoms with van der Waals surface area (Å²) in [4.78, 5) is 23.1.